The zero-order valence-electron chi connectivity index (χ0n) is 12.5. The van der Waals surface area contributed by atoms with Gasteiger partial charge >= 0.3 is 0 Å². The van der Waals surface area contributed by atoms with E-state index in [1.54, 1.807) is 13.4 Å². The summed E-state index contributed by atoms with van der Waals surface area (Å²) in [4.78, 5) is 27.5. The van der Waals surface area contributed by atoms with Crippen LogP contribution in [0.1, 0.15) is 6.42 Å². The number of methoxy groups -OCH3 is 1. The number of aryl methyl sites for hydroxylation is 1. The minimum Gasteiger partial charge on any atom is -0.383 e. The van der Waals surface area contributed by atoms with Crippen LogP contribution in [0.5, 0.6) is 0 Å². The highest BCUT2D eigenvalue weighted by atomic mass is 16.5. The Labute approximate surface area is 128 Å². The lowest BCUT2D eigenvalue weighted by Crippen LogP contribution is -2.38. The molecule has 2 amide bonds. The number of carbonyl (C=O) groups is 2. The number of nitrogens with one attached hydrogen (secondary N) is 2. The van der Waals surface area contributed by atoms with Gasteiger partial charge in [-0.05, 0) is 12.1 Å². The number of benzene rings is 1. The maximum Gasteiger partial charge on any atom is 0.239 e. The number of hydrogen-bond acceptors (Lipinski definition) is 4. The smallest absolute Gasteiger partial charge is 0.239 e. The fourth-order valence-electron chi connectivity index (χ4n) is 2.03. The van der Waals surface area contributed by atoms with Crippen LogP contribution in [0.4, 0.5) is 0 Å². The molecule has 0 atom stereocenters. The van der Waals surface area contributed by atoms with Crippen molar-refractivity contribution in [2.45, 2.75) is 13.0 Å². The summed E-state index contributed by atoms with van der Waals surface area (Å²) in [7, 11) is 1.56. The Kier molecular flexibility index (Phi) is 5.91. The largest absolute Gasteiger partial charge is 0.383 e. The molecule has 2 aromatic rings. The van der Waals surface area contributed by atoms with Gasteiger partial charge in [-0.2, -0.15) is 0 Å². The third-order valence-corrected chi connectivity index (χ3v) is 3.18. The molecule has 0 fully saturated rings. The molecule has 0 aliphatic heterocycles. The van der Waals surface area contributed by atoms with Gasteiger partial charge in [0, 0.05) is 26.6 Å². The highest BCUT2D eigenvalue weighted by Crippen LogP contribution is 2.11. The number of imidazole rings is 1. The molecule has 0 bridgehead atoms. The van der Waals surface area contributed by atoms with Crippen molar-refractivity contribution < 1.29 is 14.3 Å². The molecule has 7 heteroatoms. The van der Waals surface area contributed by atoms with Gasteiger partial charge in [0.05, 0.1) is 30.5 Å². The monoisotopic (exact) mass is 304 g/mol. The molecule has 0 spiro atoms. The second-order valence-corrected chi connectivity index (χ2v) is 4.80. The molecule has 22 heavy (non-hydrogen) atoms. The predicted octanol–water partition coefficient (Wildman–Crippen LogP) is 0.305. The van der Waals surface area contributed by atoms with Crippen LogP contribution in [0.25, 0.3) is 11.0 Å². The van der Waals surface area contributed by atoms with Crippen molar-refractivity contribution >= 4 is 22.8 Å². The first-order valence-electron chi connectivity index (χ1n) is 7.13. The zero-order valence-corrected chi connectivity index (χ0v) is 12.5. The van der Waals surface area contributed by atoms with Crippen molar-refractivity contribution in [1.82, 2.24) is 20.2 Å². The zero-order chi connectivity index (χ0) is 15.8. The van der Waals surface area contributed by atoms with Gasteiger partial charge in [0.2, 0.25) is 11.8 Å². The van der Waals surface area contributed by atoms with Crippen LogP contribution in [0.2, 0.25) is 0 Å². The van der Waals surface area contributed by atoms with E-state index in [2.05, 4.69) is 15.6 Å². The van der Waals surface area contributed by atoms with Crippen molar-refractivity contribution in [2.75, 3.05) is 26.8 Å². The quantitative estimate of drug-likeness (QED) is 0.687. The fraction of sp³-hybridized carbons (Fsp3) is 0.400. The molecular formula is C15H20N4O3. The minimum atomic E-state index is -0.224. The summed E-state index contributed by atoms with van der Waals surface area (Å²) in [6.45, 7) is 1.39. The molecular weight excluding hydrogens is 284 g/mol. The van der Waals surface area contributed by atoms with Crippen LogP contribution >= 0.6 is 0 Å². The maximum atomic E-state index is 11.8. The topological polar surface area (TPSA) is 85.3 Å². The Morgan fingerprint density at radius 2 is 2.05 bits per heavy atom. The standard InChI is InChI=1S/C15H20N4O3/c1-22-9-7-16-15(21)10-17-14(20)6-8-19-11-18-12-4-2-3-5-13(12)19/h2-5,11H,6-10H2,1H3,(H,16,21)(H,17,20). The molecule has 1 heterocycles. The predicted molar refractivity (Wildman–Crippen MR) is 82.2 cm³/mol. The normalized spacial score (nSPS) is 10.6. The van der Waals surface area contributed by atoms with Crippen molar-refractivity contribution in [3.05, 3.63) is 30.6 Å². The van der Waals surface area contributed by atoms with Gasteiger partial charge in [0.1, 0.15) is 0 Å². The molecule has 0 unspecified atom stereocenters. The first-order chi connectivity index (χ1) is 10.7. The van der Waals surface area contributed by atoms with Crippen molar-refractivity contribution in [3.8, 4) is 0 Å². The molecule has 0 saturated heterocycles. The number of ether oxygens (including phenoxy) is 1. The summed E-state index contributed by atoms with van der Waals surface area (Å²) in [5.41, 5.74) is 1.90. The highest BCUT2D eigenvalue weighted by Gasteiger charge is 2.07. The van der Waals surface area contributed by atoms with Crippen LogP contribution in [-0.4, -0.2) is 48.2 Å². The van der Waals surface area contributed by atoms with Crippen LogP contribution in [-0.2, 0) is 20.9 Å². The van der Waals surface area contributed by atoms with Gasteiger partial charge in [0.25, 0.3) is 0 Å². The van der Waals surface area contributed by atoms with Gasteiger partial charge < -0.3 is 19.9 Å². The molecule has 2 N–H and O–H groups in total. The number of aromatic nitrogens is 2. The third kappa shape index (κ3) is 4.56. The van der Waals surface area contributed by atoms with Crippen LogP contribution < -0.4 is 10.6 Å². The number of nitrogens with zero attached hydrogens (tertiary/aromatic N) is 2. The molecule has 0 aliphatic rings. The van der Waals surface area contributed by atoms with Crippen molar-refractivity contribution in [3.63, 3.8) is 0 Å². The first kappa shape index (κ1) is 16.0. The summed E-state index contributed by atoms with van der Waals surface area (Å²) < 4.78 is 6.75. The average Bonchev–Trinajstić information content (AvgIpc) is 2.94. The molecule has 0 saturated carbocycles. The van der Waals surface area contributed by atoms with E-state index in [9.17, 15) is 9.59 Å². The molecule has 2 rings (SSSR count). The number of rotatable bonds is 8. The fourth-order valence-corrected chi connectivity index (χ4v) is 2.03. The Bertz CT molecular complexity index is 639. The maximum absolute atomic E-state index is 11.8. The van der Waals surface area contributed by atoms with E-state index in [0.29, 0.717) is 26.1 Å². The van der Waals surface area contributed by atoms with Gasteiger partial charge in [-0.15, -0.1) is 0 Å². The number of hydrogen-bond donors (Lipinski definition) is 2. The van der Waals surface area contributed by atoms with E-state index in [4.69, 9.17) is 4.74 Å². The molecule has 118 valence electrons. The second-order valence-electron chi connectivity index (χ2n) is 4.80. The summed E-state index contributed by atoms with van der Waals surface area (Å²) >= 11 is 0. The third-order valence-electron chi connectivity index (χ3n) is 3.18. The second kappa shape index (κ2) is 8.14. The van der Waals surface area contributed by atoms with E-state index >= 15 is 0 Å². The van der Waals surface area contributed by atoms with E-state index < -0.39 is 0 Å². The lowest BCUT2D eigenvalue weighted by molar-refractivity contribution is -0.126. The van der Waals surface area contributed by atoms with E-state index in [-0.39, 0.29) is 18.4 Å². The number of amides is 2. The number of fused-ring (bicyclic) bond motifs is 1. The summed E-state index contributed by atoms with van der Waals surface area (Å²) in [6.07, 6.45) is 2.01. The lowest BCUT2D eigenvalue weighted by atomic mass is 10.3. The first-order valence-corrected chi connectivity index (χ1v) is 7.13. The summed E-state index contributed by atoms with van der Waals surface area (Å²) in [5.74, 6) is -0.391. The van der Waals surface area contributed by atoms with Crippen LogP contribution in [0.3, 0.4) is 0 Å². The molecule has 0 radical (unpaired) electrons. The van der Waals surface area contributed by atoms with Gasteiger partial charge in [0.15, 0.2) is 0 Å². The Morgan fingerprint density at radius 3 is 2.86 bits per heavy atom. The van der Waals surface area contributed by atoms with E-state index in [0.717, 1.165) is 11.0 Å². The van der Waals surface area contributed by atoms with Gasteiger partial charge in [-0.3, -0.25) is 9.59 Å². The van der Waals surface area contributed by atoms with E-state index in [1.807, 2.05) is 28.8 Å². The van der Waals surface area contributed by atoms with Crippen LogP contribution in [0, 0.1) is 0 Å². The molecule has 1 aromatic carbocycles. The molecule has 7 nitrogen and oxygen atoms in total. The van der Waals surface area contributed by atoms with Crippen molar-refractivity contribution in [2.24, 2.45) is 0 Å². The SMILES string of the molecule is COCCNC(=O)CNC(=O)CCn1cnc2ccccc21. The van der Waals surface area contributed by atoms with Crippen molar-refractivity contribution in [1.29, 1.82) is 0 Å². The van der Waals surface area contributed by atoms with Gasteiger partial charge in [-0.25, -0.2) is 4.98 Å². The Morgan fingerprint density at radius 1 is 1.23 bits per heavy atom. The summed E-state index contributed by atoms with van der Waals surface area (Å²) in [5, 5.41) is 5.23. The molecule has 0 aliphatic carbocycles. The highest BCUT2D eigenvalue weighted by molar-refractivity contribution is 5.84. The summed E-state index contributed by atoms with van der Waals surface area (Å²) in [6, 6.07) is 7.75. The minimum absolute atomic E-state index is 0.0206. The van der Waals surface area contributed by atoms with E-state index in [1.165, 1.54) is 0 Å². The van der Waals surface area contributed by atoms with Gasteiger partial charge in [-0.1, -0.05) is 12.1 Å². The Balaban J connectivity index is 1.73. The molecule has 1 aromatic heterocycles. The van der Waals surface area contributed by atoms with Crippen LogP contribution in [0.15, 0.2) is 30.6 Å². The Hall–Kier alpha value is -2.41. The lowest BCUT2D eigenvalue weighted by Gasteiger charge is -2.07. The number of para-hydroxylation sites is 2. The average molecular weight is 304 g/mol. The number of carbonyl (C=O) groups excluding carboxylic acids is 2.